The predicted octanol–water partition coefficient (Wildman–Crippen LogP) is 3.63. The highest BCUT2D eigenvalue weighted by Gasteiger charge is 2.14. The number of hydrogen-bond acceptors (Lipinski definition) is 6. The number of nitro groups is 1. The molecule has 0 aliphatic rings. The normalized spacial score (nSPS) is 12.7. The molecule has 0 radical (unpaired) electrons. The molecule has 7 heteroatoms. The second-order valence-electron chi connectivity index (χ2n) is 4.69. The smallest absolute Gasteiger partial charge is 0.269 e. The van der Waals surface area contributed by atoms with Crippen LogP contribution in [0.15, 0.2) is 35.7 Å². The van der Waals surface area contributed by atoms with E-state index in [1.165, 1.54) is 23.5 Å². The first kappa shape index (κ1) is 17.2. The molecule has 1 atom stereocenters. The maximum atomic E-state index is 10.7. The predicted molar refractivity (Wildman–Crippen MR) is 96.2 cm³/mol. The first-order chi connectivity index (χ1) is 11.0. The summed E-state index contributed by atoms with van der Waals surface area (Å²) in [5, 5.41) is 13.4. The average molecular weight is 345 g/mol. The molecule has 0 saturated heterocycles. The van der Waals surface area contributed by atoms with Crippen molar-refractivity contribution in [3.05, 3.63) is 62.1 Å². The molecule has 118 valence electrons. The number of aromatic nitrogens is 1. The molecule has 0 bridgehead atoms. The van der Waals surface area contributed by atoms with Crippen molar-refractivity contribution in [1.82, 2.24) is 4.98 Å². The summed E-state index contributed by atoms with van der Waals surface area (Å²) in [6.07, 6.45) is 9.51. The van der Waals surface area contributed by atoms with Gasteiger partial charge in [-0.05, 0) is 18.2 Å². The van der Waals surface area contributed by atoms with E-state index in [0.29, 0.717) is 6.42 Å². The second-order valence-corrected chi connectivity index (χ2v) is 6.40. The molecule has 0 unspecified atom stereocenters. The fourth-order valence-electron chi connectivity index (χ4n) is 1.97. The van der Waals surface area contributed by atoms with Crippen molar-refractivity contribution in [1.29, 1.82) is 0 Å². The Balaban J connectivity index is 2.11. The first-order valence-corrected chi connectivity index (χ1v) is 8.80. The minimum absolute atomic E-state index is 0.0716. The Labute approximate surface area is 142 Å². The third-order valence-corrected chi connectivity index (χ3v) is 4.92. The van der Waals surface area contributed by atoms with Gasteiger partial charge in [0.2, 0.25) is 0 Å². The van der Waals surface area contributed by atoms with Gasteiger partial charge in [0.25, 0.3) is 5.69 Å². The van der Waals surface area contributed by atoms with E-state index in [2.05, 4.69) is 10.9 Å². The number of thiazole rings is 1. The summed E-state index contributed by atoms with van der Waals surface area (Å²) >= 11 is 3.05. The van der Waals surface area contributed by atoms with Crippen molar-refractivity contribution in [3.8, 4) is 12.3 Å². The fourth-order valence-corrected chi connectivity index (χ4v) is 3.56. The van der Waals surface area contributed by atoms with Crippen LogP contribution in [0.1, 0.15) is 22.3 Å². The lowest BCUT2D eigenvalue weighted by Gasteiger charge is -2.08. The van der Waals surface area contributed by atoms with Crippen LogP contribution >= 0.6 is 23.1 Å². The van der Waals surface area contributed by atoms with Crippen molar-refractivity contribution < 1.29 is 4.92 Å². The molecule has 23 heavy (non-hydrogen) atoms. The fraction of sp³-hybridized carbons (Fsp3) is 0.188. The summed E-state index contributed by atoms with van der Waals surface area (Å²) in [4.78, 5) is 15.7. The van der Waals surface area contributed by atoms with Crippen LogP contribution in [0, 0.1) is 22.5 Å². The van der Waals surface area contributed by atoms with Crippen LogP contribution in [0.3, 0.4) is 0 Å². The van der Waals surface area contributed by atoms with Crippen LogP contribution in [0.2, 0.25) is 0 Å². The molecule has 1 aromatic heterocycles. The lowest BCUT2D eigenvalue weighted by atomic mass is 10.0. The molecule has 1 heterocycles. The Morgan fingerprint density at radius 2 is 2.26 bits per heavy atom. The van der Waals surface area contributed by atoms with Crippen LogP contribution in [0.5, 0.6) is 0 Å². The van der Waals surface area contributed by atoms with Gasteiger partial charge < -0.3 is 5.73 Å². The van der Waals surface area contributed by atoms with Crippen LogP contribution in [-0.2, 0) is 6.42 Å². The molecule has 2 aromatic rings. The van der Waals surface area contributed by atoms with E-state index in [9.17, 15) is 10.1 Å². The van der Waals surface area contributed by atoms with E-state index in [4.69, 9.17) is 12.2 Å². The monoisotopic (exact) mass is 345 g/mol. The standard InChI is InChI=1S/C16H15N3O2S2/c1-3-4-15(22-2)16-18-14(10-23-16)13(17)9-11-5-7-12(8-6-11)19(20)21/h1,4-8,10,13H,9,17H2,2H3/b15-4-/t13-/m0/s1. The molecular weight excluding hydrogens is 330 g/mol. The molecule has 1 aromatic carbocycles. The van der Waals surface area contributed by atoms with Gasteiger partial charge in [-0.15, -0.1) is 29.5 Å². The van der Waals surface area contributed by atoms with Crippen LogP contribution < -0.4 is 5.73 Å². The zero-order valence-electron chi connectivity index (χ0n) is 12.4. The third-order valence-electron chi connectivity index (χ3n) is 3.15. The van der Waals surface area contributed by atoms with Crippen molar-refractivity contribution in [2.75, 3.05) is 6.26 Å². The summed E-state index contributed by atoms with van der Waals surface area (Å²) in [6, 6.07) is 6.13. The largest absolute Gasteiger partial charge is 0.322 e. The molecule has 0 amide bonds. The van der Waals surface area contributed by atoms with E-state index in [1.807, 2.05) is 11.6 Å². The van der Waals surface area contributed by atoms with Crippen molar-refractivity contribution in [3.63, 3.8) is 0 Å². The van der Waals surface area contributed by atoms with Crippen LogP contribution in [0.4, 0.5) is 5.69 Å². The topological polar surface area (TPSA) is 82.0 Å². The molecule has 5 nitrogen and oxygen atoms in total. The van der Waals surface area contributed by atoms with Gasteiger partial charge in [-0.25, -0.2) is 4.98 Å². The van der Waals surface area contributed by atoms with Gasteiger partial charge in [-0.3, -0.25) is 10.1 Å². The zero-order chi connectivity index (χ0) is 16.8. The molecule has 0 aliphatic heterocycles. The highest BCUT2D eigenvalue weighted by molar-refractivity contribution is 8.07. The minimum atomic E-state index is -0.418. The van der Waals surface area contributed by atoms with Crippen LogP contribution in [0.25, 0.3) is 4.91 Å². The lowest BCUT2D eigenvalue weighted by Crippen LogP contribution is -2.13. The maximum Gasteiger partial charge on any atom is 0.269 e. The number of nitro benzene ring substituents is 1. The van der Waals surface area contributed by atoms with E-state index < -0.39 is 4.92 Å². The Morgan fingerprint density at radius 3 is 2.83 bits per heavy atom. The average Bonchev–Trinajstić information content (AvgIpc) is 3.03. The third kappa shape index (κ3) is 4.42. The van der Waals surface area contributed by atoms with Gasteiger partial charge in [0.1, 0.15) is 5.01 Å². The van der Waals surface area contributed by atoms with E-state index in [0.717, 1.165) is 21.2 Å². The molecule has 2 N–H and O–H groups in total. The first-order valence-electron chi connectivity index (χ1n) is 6.70. The molecule has 0 saturated carbocycles. The number of rotatable bonds is 6. The Kier molecular flexibility index (Phi) is 5.93. The zero-order valence-corrected chi connectivity index (χ0v) is 14.1. The summed E-state index contributed by atoms with van der Waals surface area (Å²) in [5.74, 6) is 2.51. The summed E-state index contributed by atoms with van der Waals surface area (Å²) < 4.78 is 0. The van der Waals surface area contributed by atoms with E-state index in [1.54, 1.807) is 30.0 Å². The number of non-ortho nitro benzene ring substituents is 1. The highest BCUT2D eigenvalue weighted by atomic mass is 32.2. The summed E-state index contributed by atoms with van der Waals surface area (Å²) in [7, 11) is 0. The molecule has 2 rings (SSSR count). The maximum absolute atomic E-state index is 10.7. The van der Waals surface area contributed by atoms with Crippen molar-refractivity contribution >= 4 is 33.7 Å². The Bertz CT molecular complexity index is 760. The van der Waals surface area contributed by atoms with Gasteiger partial charge in [-0.2, -0.15) is 0 Å². The summed E-state index contributed by atoms with van der Waals surface area (Å²) in [5.41, 5.74) is 7.99. The number of terminal acetylenes is 1. The van der Waals surface area contributed by atoms with Crippen molar-refractivity contribution in [2.24, 2.45) is 5.73 Å². The second kappa shape index (κ2) is 7.92. The number of nitrogens with zero attached hydrogens (tertiary/aromatic N) is 2. The Hall–Kier alpha value is -2.14. The summed E-state index contributed by atoms with van der Waals surface area (Å²) in [6.45, 7) is 0. The van der Waals surface area contributed by atoms with Gasteiger partial charge in [-0.1, -0.05) is 18.1 Å². The highest BCUT2D eigenvalue weighted by Crippen LogP contribution is 2.29. The minimum Gasteiger partial charge on any atom is -0.322 e. The molecular formula is C16H15N3O2S2. The molecule has 0 fully saturated rings. The van der Waals surface area contributed by atoms with Gasteiger partial charge >= 0.3 is 0 Å². The van der Waals surface area contributed by atoms with Gasteiger partial charge in [0.05, 0.1) is 21.6 Å². The van der Waals surface area contributed by atoms with Gasteiger partial charge in [0, 0.05) is 23.6 Å². The quantitative estimate of drug-likeness (QED) is 0.491. The van der Waals surface area contributed by atoms with Gasteiger partial charge in [0.15, 0.2) is 0 Å². The van der Waals surface area contributed by atoms with Crippen molar-refractivity contribution in [2.45, 2.75) is 12.5 Å². The molecule has 0 spiro atoms. The van der Waals surface area contributed by atoms with E-state index in [-0.39, 0.29) is 11.7 Å². The molecule has 0 aliphatic carbocycles. The van der Waals surface area contributed by atoms with Crippen LogP contribution in [-0.4, -0.2) is 16.2 Å². The number of hydrogen-bond donors (Lipinski definition) is 1. The number of thioether (sulfide) groups is 1. The lowest BCUT2D eigenvalue weighted by molar-refractivity contribution is -0.384. The number of nitrogens with two attached hydrogens (primary N) is 1. The Morgan fingerprint density at radius 1 is 1.57 bits per heavy atom. The number of allylic oxidation sites excluding steroid dienone is 1. The number of benzene rings is 1. The SMILES string of the molecule is C#C/C=C(\SC)c1nc([C@@H](N)Cc2ccc([N+](=O)[O-])cc2)cs1. The van der Waals surface area contributed by atoms with E-state index >= 15 is 0 Å².